The Morgan fingerprint density at radius 2 is 1.88 bits per heavy atom. The molecule has 0 heterocycles. The van der Waals surface area contributed by atoms with Gasteiger partial charge in [-0.25, -0.2) is 0 Å². The second-order valence-corrected chi connectivity index (χ2v) is 4.74. The van der Waals surface area contributed by atoms with Crippen LogP contribution in [0.4, 0.5) is 0 Å². The van der Waals surface area contributed by atoms with Crippen LogP contribution in [-0.2, 0) is 19.1 Å². The summed E-state index contributed by atoms with van der Waals surface area (Å²) in [5, 5.41) is 0. The first-order valence-electron chi connectivity index (χ1n) is 6.37. The van der Waals surface area contributed by atoms with Crippen LogP contribution in [0.15, 0.2) is 0 Å². The van der Waals surface area contributed by atoms with Gasteiger partial charge in [0.05, 0.1) is 18.6 Å². The van der Waals surface area contributed by atoms with Crippen LogP contribution < -0.4 is 0 Å². The molecule has 0 unspecified atom stereocenters. The van der Waals surface area contributed by atoms with Gasteiger partial charge in [-0.05, 0) is 39.5 Å². The molecular weight excluding hydrogens is 220 g/mol. The second kappa shape index (κ2) is 6.03. The van der Waals surface area contributed by atoms with Gasteiger partial charge >= 0.3 is 11.9 Å². The third-order valence-electron chi connectivity index (χ3n) is 3.61. The molecule has 1 aliphatic carbocycles. The van der Waals surface area contributed by atoms with Gasteiger partial charge in [-0.3, -0.25) is 9.59 Å². The van der Waals surface area contributed by atoms with Crippen LogP contribution in [0, 0.1) is 11.3 Å². The Labute approximate surface area is 103 Å². The molecule has 1 fully saturated rings. The lowest BCUT2D eigenvalue weighted by Crippen LogP contribution is -2.35. The first-order chi connectivity index (χ1) is 8.04. The number of esters is 2. The number of ether oxygens (including phenoxy) is 2. The zero-order chi connectivity index (χ0) is 12.9. The summed E-state index contributed by atoms with van der Waals surface area (Å²) in [5.41, 5.74) is -0.511. The molecule has 1 aliphatic rings. The highest BCUT2D eigenvalue weighted by Gasteiger charge is 2.46. The molecule has 0 spiro atoms. The third-order valence-corrected chi connectivity index (χ3v) is 3.61. The molecule has 17 heavy (non-hydrogen) atoms. The van der Waals surface area contributed by atoms with Gasteiger partial charge in [0.1, 0.15) is 0 Å². The summed E-state index contributed by atoms with van der Waals surface area (Å²) < 4.78 is 10.1. The van der Waals surface area contributed by atoms with Crippen molar-refractivity contribution in [1.82, 2.24) is 0 Å². The van der Waals surface area contributed by atoms with Crippen LogP contribution in [0.1, 0.15) is 46.5 Å². The van der Waals surface area contributed by atoms with Crippen LogP contribution in [-0.4, -0.2) is 25.2 Å². The number of hydrogen-bond donors (Lipinski definition) is 0. The first-order valence-corrected chi connectivity index (χ1v) is 6.37. The zero-order valence-electron chi connectivity index (χ0n) is 11.0. The quantitative estimate of drug-likeness (QED) is 0.694. The van der Waals surface area contributed by atoms with E-state index in [9.17, 15) is 9.59 Å². The van der Waals surface area contributed by atoms with E-state index < -0.39 is 5.41 Å². The van der Waals surface area contributed by atoms with Gasteiger partial charge in [-0.15, -0.1) is 0 Å². The van der Waals surface area contributed by atoms with E-state index in [2.05, 4.69) is 0 Å². The molecule has 4 nitrogen and oxygen atoms in total. The highest BCUT2D eigenvalue weighted by atomic mass is 16.5. The van der Waals surface area contributed by atoms with Crippen molar-refractivity contribution >= 4 is 11.9 Å². The van der Waals surface area contributed by atoms with E-state index in [0.717, 1.165) is 19.3 Å². The number of rotatable bonds is 5. The predicted molar refractivity (Wildman–Crippen MR) is 63.3 cm³/mol. The van der Waals surface area contributed by atoms with Crippen molar-refractivity contribution in [3.63, 3.8) is 0 Å². The highest BCUT2D eigenvalue weighted by molar-refractivity contribution is 5.79. The molecule has 1 rings (SSSR count). The SMILES string of the molecule is CCOC(=O)C[C@@H]1CCC[C@@]1(C)C(=O)OCC. The number of hydrogen-bond acceptors (Lipinski definition) is 4. The molecule has 98 valence electrons. The molecule has 0 radical (unpaired) electrons. The Bertz CT molecular complexity index is 287. The monoisotopic (exact) mass is 242 g/mol. The smallest absolute Gasteiger partial charge is 0.312 e. The Balaban J connectivity index is 2.64. The van der Waals surface area contributed by atoms with Crippen LogP contribution in [0.2, 0.25) is 0 Å². The molecule has 2 atom stereocenters. The maximum absolute atomic E-state index is 11.9. The summed E-state index contributed by atoms with van der Waals surface area (Å²) in [4.78, 5) is 23.4. The second-order valence-electron chi connectivity index (χ2n) is 4.74. The van der Waals surface area contributed by atoms with Gasteiger partial charge in [-0.2, -0.15) is 0 Å². The lowest BCUT2D eigenvalue weighted by atomic mass is 9.78. The fourth-order valence-electron chi connectivity index (χ4n) is 2.55. The average molecular weight is 242 g/mol. The Morgan fingerprint density at radius 3 is 2.47 bits per heavy atom. The molecule has 0 N–H and O–H groups in total. The molecule has 1 saturated carbocycles. The minimum atomic E-state index is -0.511. The van der Waals surface area contributed by atoms with E-state index in [4.69, 9.17) is 9.47 Å². The van der Waals surface area contributed by atoms with Gasteiger partial charge in [0.2, 0.25) is 0 Å². The minimum absolute atomic E-state index is 0.0561. The molecule has 0 bridgehead atoms. The molecule has 4 heteroatoms. The van der Waals surface area contributed by atoms with Crippen molar-refractivity contribution in [3.8, 4) is 0 Å². The van der Waals surface area contributed by atoms with Gasteiger partial charge in [0.15, 0.2) is 0 Å². The van der Waals surface area contributed by atoms with E-state index in [1.807, 2.05) is 6.92 Å². The van der Waals surface area contributed by atoms with Crippen LogP contribution in [0.25, 0.3) is 0 Å². The Morgan fingerprint density at radius 1 is 1.24 bits per heavy atom. The molecule has 0 aromatic heterocycles. The molecule has 0 aliphatic heterocycles. The van der Waals surface area contributed by atoms with Gasteiger partial charge in [0.25, 0.3) is 0 Å². The van der Waals surface area contributed by atoms with E-state index in [0.29, 0.717) is 19.6 Å². The van der Waals surface area contributed by atoms with Crippen LogP contribution in [0.5, 0.6) is 0 Å². The van der Waals surface area contributed by atoms with E-state index >= 15 is 0 Å². The normalized spacial score (nSPS) is 27.8. The van der Waals surface area contributed by atoms with Crippen molar-refractivity contribution in [2.45, 2.75) is 46.5 Å². The molecule has 0 aromatic carbocycles. The number of carbonyl (C=O) groups excluding carboxylic acids is 2. The minimum Gasteiger partial charge on any atom is -0.466 e. The largest absolute Gasteiger partial charge is 0.466 e. The fourth-order valence-corrected chi connectivity index (χ4v) is 2.55. The zero-order valence-corrected chi connectivity index (χ0v) is 11.0. The van der Waals surface area contributed by atoms with Crippen LogP contribution >= 0.6 is 0 Å². The molecular formula is C13H22O4. The van der Waals surface area contributed by atoms with E-state index in [1.165, 1.54) is 0 Å². The topological polar surface area (TPSA) is 52.6 Å². The highest BCUT2D eigenvalue weighted by Crippen LogP contribution is 2.45. The summed E-state index contributed by atoms with van der Waals surface area (Å²) in [7, 11) is 0. The third kappa shape index (κ3) is 3.20. The van der Waals surface area contributed by atoms with E-state index in [-0.39, 0.29) is 17.9 Å². The average Bonchev–Trinajstić information content (AvgIpc) is 2.62. The van der Waals surface area contributed by atoms with Crippen molar-refractivity contribution in [3.05, 3.63) is 0 Å². The first kappa shape index (κ1) is 14.0. The lowest BCUT2D eigenvalue weighted by Gasteiger charge is -2.28. The van der Waals surface area contributed by atoms with E-state index in [1.54, 1.807) is 13.8 Å². The van der Waals surface area contributed by atoms with Crippen molar-refractivity contribution in [2.75, 3.05) is 13.2 Å². The van der Waals surface area contributed by atoms with Gasteiger partial charge < -0.3 is 9.47 Å². The molecule has 0 aromatic rings. The summed E-state index contributed by atoms with van der Waals surface area (Å²) in [6, 6.07) is 0. The maximum Gasteiger partial charge on any atom is 0.312 e. The number of carbonyl (C=O) groups is 2. The summed E-state index contributed by atoms with van der Waals surface area (Å²) >= 11 is 0. The predicted octanol–water partition coefficient (Wildman–Crippen LogP) is 2.31. The Hall–Kier alpha value is -1.06. The van der Waals surface area contributed by atoms with Crippen molar-refractivity contribution < 1.29 is 19.1 Å². The molecule has 0 amide bonds. The van der Waals surface area contributed by atoms with Crippen LogP contribution in [0.3, 0.4) is 0 Å². The molecule has 0 saturated heterocycles. The van der Waals surface area contributed by atoms with Crippen molar-refractivity contribution in [2.24, 2.45) is 11.3 Å². The maximum atomic E-state index is 11.9. The standard InChI is InChI=1S/C13H22O4/c1-4-16-11(14)9-10-7-6-8-13(10,3)12(15)17-5-2/h10H,4-9H2,1-3H3/t10-,13+/m0/s1. The fraction of sp³-hybridized carbons (Fsp3) is 0.846. The summed E-state index contributed by atoms with van der Waals surface area (Å²) in [6.07, 6.45) is 2.99. The summed E-state index contributed by atoms with van der Waals surface area (Å²) in [6.45, 7) is 6.28. The van der Waals surface area contributed by atoms with Gasteiger partial charge in [-0.1, -0.05) is 6.42 Å². The van der Waals surface area contributed by atoms with Crippen molar-refractivity contribution in [1.29, 1.82) is 0 Å². The lowest BCUT2D eigenvalue weighted by molar-refractivity contribution is -0.158. The summed E-state index contributed by atoms with van der Waals surface area (Å²) in [5.74, 6) is -0.331. The van der Waals surface area contributed by atoms with Gasteiger partial charge in [0, 0.05) is 6.42 Å². The Kier molecular flexibility index (Phi) is 4.97.